The molecule has 0 aliphatic carbocycles. The fourth-order valence-corrected chi connectivity index (χ4v) is 3.25. The van der Waals surface area contributed by atoms with Crippen molar-refractivity contribution in [1.29, 1.82) is 0 Å². The van der Waals surface area contributed by atoms with Gasteiger partial charge in [0.2, 0.25) is 0 Å². The maximum Gasteiger partial charge on any atom is 0.195 e. The Labute approximate surface area is 200 Å². The first-order valence-corrected chi connectivity index (χ1v) is 9.95. The van der Waals surface area contributed by atoms with Gasteiger partial charge in [0, 0.05) is 31.0 Å². The Bertz CT molecular complexity index is 1030. The summed E-state index contributed by atoms with van der Waals surface area (Å²) in [7, 11) is 3.37. The summed E-state index contributed by atoms with van der Waals surface area (Å²) in [4.78, 5) is 4.34. The molecule has 2 aromatic carbocycles. The van der Waals surface area contributed by atoms with E-state index in [-0.39, 0.29) is 24.0 Å². The molecule has 7 nitrogen and oxygen atoms in total. The molecule has 166 valence electrons. The van der Waals surface area contributed by atoms with Gasteiger partial charge in [-0.3, -0.25) is 4.99 Å². The van der Waals surface area contributed by atoms with Crippen LogP contribution in [0.25, 0.3) is 5.69 Å². The van der Waals surface area contributed by atoms with Crippen LogP contribution in [0.1, 0.15) is 23.9 Å². The van der Waals surface area contributed by atoms with Gasteiger partial charge in [-0.15, -0.1) is 24.0 Å². The second-order valence-electron chi connectivity index (χ2n) is 6.82. The number of rotatable bonds is 7. The highest BCUT2D eigenvalue weighted by Gasteiger charge is 2.10. The monoisotopic (exact) mass is 535 g/mol. The zero-order valence-corrected chi connectivity index (χ0v) is 20.9. The van der Waals surface area contributed by atoms with Crippen molar-refractivity contribution in [3.8, 4) is 17.2 Å². The van der Waals surface area contributed by atoms with Crippen molar-refractivity contribution in [2.75, 3.05) is 26.1 Å². The summed E-state index contributed by atoms with van der Waals surface area (Å²) in [6, 6.07) is 16.0. The van der Waals surface area contributed by atoms with Crippen molar-refractivity contribution in [3.05, 3.63) is 65.5 Å². The van der Waals surface area contributed by atoms with Crippen LogP contribution in [0, 0.1) is 13.8 Å². The fourth-order valence-electron chi connectivity index (χ4n) is 3.25. The van der Waals surface area contributed by atoms with Crippen molar-refractivity contribution >= 4 is 35.6 Å². The molecule has 0 fully saturated rings. The van der Waals surface area contributed by atoms with Crippen molar-refractivity contribution in [2.24, 2.45) is 4.99 Å². The van der Waals surface area contributed by atoms with E-state index in [4.69, 9.17) is 9.47 Å². The van der Waals surface area contributed by atoms with E-state index in [9.17, 15) is 0 Å². The lowest BCUT2D eigenvalue weighted by molar-refractivity contribution is 0.311. The second kappa shape index (κ2) is 11.6. The SMILES string of the molecule is CCOc1ccc(NC(=NC)NCc2ccccc2-n2nc(C)cc2C)cc1OC.I. The summed E-state index contributed by atoms with van der Waals surface area (Å²) < 4.78 is 13.0. The lowest BCUT2D eigenvalue weighted by atomic mass is 10.1. The first kappa shape index (κ1) is 24.5. The van der Waals surface area contributed by atoms with E-state index in [1.165, 1.54) is 0 Å². The average Bonchev–Trinajstić information content (AvgIpc) is 3.10. The Hall–Kier alpha value is -2.75. The summed E-state index contributed by atoms with van der Waals surface area (Å²) in [6.45, 7) is 7.19. The largest absolute Gasteiger partial charge is 0.493 e. The van der Waals surface area contributed by atoms with Crippen LogP contribution in [-0.4, -0.2) is 36.5 Å². The van der Waals surface area contributed by atoms with Crippen LogP contribution in [0.15, 0.2) is 53.5 Å². The predicted octanol–water partition coefficient (Wildman–Crippen LogP) is 4.70. The molecule has 1 aromatic heterocycles. The van der Waals surface area contributed by atoms with Crippen LogP contribution < -0.4 is 20.1 Å². The molecular weight excluding hydrogens is 505 g/mol. The number of halogens is 1. The summed E-state index contributed by atoms with van der Waals surface area (Å²) >= 11 is 0. The quantitative estimate of drug-likeness (QED) is 0.261. The van der Waals surface area contributed by atoms with Gasteiger partial charge in [-0.25, -0.2) is 4.68 Å². The topological polar surface area (TPSA) is 72.7 Å². The molecule has 0 saturated carbocycles. The third-order valence-corrected chi connectivity index (χ3v) is 4.63. The van der Waals surface area contributed by atoms with E-state index in [0.717, 1.165) is 28.3 Å². The Morgan fingerprint density at radius 2 is 1.87 bits per heavy atom. The molecule has 0 unspecified atom stereocenters. The second-order valence-corrected chi connectivity index (χ2v) is 6.82. The smallest absolute Gasteiger partial charge is 0.195 e. The molecule has 2 N–H and O–H groups in total. The molecule has 0 spiro atoms. The molecule has 0 bridgehead atoms. The fraction of sp³-hybridized carbons (Fsp3) is 0.304. The number of nitrogens with one attached hydrogen (secondary N) is 2. The van der Waals surface area contributed by atoms with Gasteiger partial charge < -0.3 is 20.1 Å². The number of hydrogen-bond acceptors (Lipinski definition) is 4. The van der Waals surface area contributed by atoms with Gasteiger partial charge in [0.05, 0.1) is 25.1 Å². The first-order valence-electron chi connectivity index (χ1n) is 9.95. The van der Waals surface area contributed by atoms with Crippen molar-refractivity contribution in [3.63, 3.8) is 0 Å². The van der Waals surface area contributed by atoms with Gasteiger partial charge in [-0.2, -0.15) is 5.10 Å². The van der Waals surface area contributed by atoms with Gasteiger partial charge >= 0.3 is 0 Å². The van der Waals surface area contributed by atoms with Gasteiger partial charge in [0.15, 0.2) is 17.5 Å². The standard InChI is InChI=1S/C23H29N5O2.HI/c1-6-30-21-12-11-19(14-22(21)29-5)26-23(24-4)25-15-18-9-7-8-10-20(18)28-17(3)13-16(2)27-28;/h7-14H,6,15H2,1-5H3,(H2,24,25,26);1H. The Balaban J connectivity index is 0.00000341. The molecule has 31 heavy (non-hydrogen) atoms. The van der Waals surface area contributed by atoms with Gasteiger partial charge in [0.25, 0.3) is 0 Å². The first-order chi connectivity index (χ1) is 14.5. The molecule has 0 aliphatic heterocycles. The molecule has 0 amide bonds. The Kier molecular flexibility index (Phi) is 9.17. The number of aryl methyl sites for hydroxylation is 2. The van der Waals surface area contributed by atoms with Gasteiger partial charge in [-0.05, 0) is 50.6 Å². The van der Waals surface area contributed by atoms with Crippen LogP contribution in [0.3, 0.4) is 0 Å². The number of hydrogen-bond donors (Lipinski definition) is 2. The lowest BCUT2D eigenvalue weighted by Gasteiger charge is -2.16. The van der Waals surface area contributed by atoms with Gasteiger partial charge in [-0.1, -0.05) is 18.2 Å². The number of para-hydroxylation sites is 1. The summed E-state index contributed by atoms with van der Waals surface area (Å²) in [5, 5.41) is 11.3. The molecule has 3 rings (SSSR count). The van der Waals surface area contributed by atoms with E-state index >= 15 is 0 Å². The minimum Gasteiger partial charge on any atom is -0.493 e. The predicted molar refractivity (Wildman–Crippen MR) is 136 cm³/mol. The number of aromatic nitrogens is 2. The number of guanidine groups is 1. The Morgan fingerprint density at radius 3 is 2.52 bits per heavy atom. The highest BCUT2D eigenvalue weighted by Crippen LogP contribution is 2.30. The van der Waals surface area contributed by atoms with Crippen LogP contribution in [-0.2, 0) is 6.54 Å². The number of ether oxygens (including phenoxy) is 2. The Morgan fingerprint density at radius 1 is 1.10 bits per heavy atom. The van der Waals surface area contributed by atoms with Crippen LogP contribution in [0.4, 0.5) is 5.69 Å². The highest BCUT2D eigenvalue weighted by atomic mass is 127. The molecule has 0 radical (unpaired) electrons. The molecule has 3 aromatic rings. The molecule has 0 atom stereocenters. The lowest BCUT2D eigenvalue weighted by Crippen LogP contribution is -2.30. The normalized spacial score (nSPS) is 10.9. The zero-order valence-electron chi connectivity index (χ0n) is 18.6. The van der Waals surface area contributed by atoms with E-state index in [1.807, 2.05) is 48.9 Å². The molecule has 0 aliphatic rings. The van der Waals surface area contributed by atoms with E-state index in [1.54, 1.807) is 14.2 Å². The maximum absolute atomic E-state index is 5.58. The number of benzene rings is 2. The third-order valence-electron chi connectivity index (χ3n) is 4.63. The van der Waals surface area contributed by atoms with Crippen molar-refractivity contribution < 1.29 is 9.47 Å². The van der Waals surface area contributed by atoms with Crippen LogP contribution in [0.5, 0.6) is 11.5 Å². The van der Waals surface area contributed by atoms with Crippen molar-refractivity contribution in [2.45, 2.75) is 27.3 Å². The summed E-state index contributed by atoms with van der Waals surface area (Å²) in [6.07, 6.45) is 0. The summed E-state index contributed by atoms with van der Waals surface area (Å²) in [5.41, 5.74) is 5.13. The zero-order chi connectivity index (χ0) is 21.5. The highest BCUT2D eigenvalue weighted by molar-refractivity contribution is 14.0. The maximum atomic E-state index is 5.58. The van der Waals surface area contributed by atoms with Gasteiger partial charge in [0.1, 0.15) is 0 Å². The van der Waals surface area contributed by atoms with E-state index < -0.39 is 0 Å². The molecule has 1 heterocycles. The van der Waals surface area contributed by atoms with Crippen molar-refractivity contribution in [1.82, 2.24) is 15.1 Å². The molecule has 0 saturated heterocycles. The minimum atomic E-state index is 0. The minimum absolute atomic E-state index is 0. The van der Waals surface area contributed by atoms with E-state index in [0.29, 0.717) is 30.6 Å². The summed E-state index contributed by atoms with van der Waals surface area (Å²) in [5.74, 6) is 2.05. The average molecular weight is 535 g/mol. The third kappa shape index (κ3) is 6.13. The number of methoxy groups -OCH3 is 1. The number of nitrogens with zero attached hydrogens (tertiary/aromatic N) is 3. The van der Waals surface area contributed by atoms with E-state index in [2.05, 4.69) is 45.8 Å². The number of aliphatic imine (C=N–C) groups is 1. The molecular formula is C23H30IN5O2. The molecule has 8 heteroatoms. The van der Waals surface area contributed by atoms with Crippen LogP contribution in [0.2, 0.25) is 0 Å². The number of anilines is 1. The van der Waals surface area contributed by atoms with Crippen LogP contribution >= 0.6 is 24.0 Å².